The van der Waals surface area contributed by atoms with Crippen LogP contribution in [0.25, 0.3) is 0 Å². The van der Waals surface area contributed by atoms with E-state index in [0.717, 1.165) is 4.31 Å². The Bertz CT molecular complexity index is 634. The van der Waals surface area contributed by atoms with E-state index in [9.17, 15) is 16.8 Å². The van der Waals surface area contributed by atoms with Crippen LogP contribution < -0.4 is 8.92 Å². The molecule has 114 valence electrons. The summed E-state index contributed by atoms with van der Waals surface area (Å²) in [5.41, 5.74) is 0. The van der Waals surface area contributed by atoms with Gasteiger partial charge in [0.1, 0.15) is 17.3 Å². The minimum Gasteiger partial charge on any atom is -0.497 e. The van der Waals surface area contributed by atoms with Crippen LogP contribution in [-0.2, 0) is 20.1 Å². The molecule has 0 aromatic heterocycles. The van der Waals surface area contributed by atoms with Crippen molar-refractivity contribution in [1.29, 1.82) is 0 Å². The van der Waals surface area contributed by atoms with Gasteiger partial charge in [-0.3, -0.25) is 0 Å². The van der Waals surface area contributed by atoms with Gasteiger partial charge in [-0.25, -0.2) is 12.7 Å². The molecule has 7 nitrogen and oxygen atoms in total. The number of rotatable bonds is 7. The van der Waals surface area contributed by atoms with Crippen LogP contribution in [-0.4, -0.2) is 53.9 Å². The van der Waals surface area contributed by atoms with Gasteiger partial charge in [-0.2, -0.15) is 8.42 Å². The summed E-state index contributed by atoms with van der Waals surface area (Å²) in [6.07, 6.45) is 0. The summed E-state index contributed by atoms with van der Waals surface area (Å²) in [5, 5.41) is 0. The average Bonchev–Trinajstić information content (AvgIpc) is 2.37. The highest BCUT2D eigenvalue weighted by Crippen LogP contribution is 2.18. The topological polar surface area (TPSA) is 90.0 Å². The number of hydrogen-bond donors (Lipinski definition) is 0. The fourth-order valence-electron chi connectivity index (χ4n) is 1.21. The van der Waals surface area contributed by atoms with Gasteiger partial charge in [0.25, 0.3) is 0 Å². The maximum Gasteiger partial charge on any atom is 0.310 e. The molecule has 0 heterocycles. The van der Waals surface area contributed by atoms with E-state index in [4.69, 9.17) is 8.92 Å². The highest BCUT2D eigenvalue weighted by Gasteiger charge is 2.21. The third kappa shape index (κ3) is 4.99. The quantitative estimate of drug-likeness (QED) is 0.670. The molecule has 0 aliphatic heterocycles. The molecule has 1 aromatic carbocycles. The SMILES string of the molecule is COc1ccc(OS(=O)(=O)CCS(=O)(=O)N(C)C)cc1. The second-order valence-corrected chi connectivity index (χ2v) is 8.11. The molecule has 0 aliphatic carbocycles. The molecular formula is C11H17NO6S2. The van der Waals surface area contributed by atoms with E-state index in [-0.39, 0.29) is 5.75 Å². The fraction of sp³-hybridized carbons (Fsp3) is 0.455. The van der Waals surface area contributed by atoms with Crippen LogP contribution in [0.1, 0.15) is 0 Å². The van der Waals surface area contributed by atoms with Crippen molar-refractivity contribution >= 4 is 20.1 Å². The standard InChI is InChI=1S/C11H17NO6S2/c1-12(2)19(13,14)8-9-20(15,16)18-11-6-4-10(17-3)5-7-11/h4-7H,8-9H2,1-3H3. The van der Waals surface area contributed by atoms with Gasteiger partial charge < -0.3 is 8.92 Å². The van der Waals surface area contributed by atoms with Crippen LogP contribution in [0.3, 0.4) is 0 Å². The Balaban J connectivity index is 2.70. The minimum absolute atomic E-state index is 0.105. The molecule has 1 rings (SSSR count). The Kier molecular flexibility index (Phi) is 5.37. The Morgan fingerprint density at radius 1 is 0.950 bits per heavy atom. The molecule has 0 radical (unpaired) electrons. The number of benzene rings is 1. The minimum atomic E-state index is -3.97. The molecule has 0 amide bonds. The van der Waals surface area contributed by atoms with E-state index in [1.807, 2.05) is 0 Å². The third-order valence-electron chi connectivity index (χ3n) is 2.43. The molecule has 0 N–H and O–H groups in total. The Hall–Kier alpha value is -1.32. The van der Waals surface area contributed by atoms with Crippen molar-refractivity contribution in [2.45, 2.75) is 0 Å². The molecule has 0 bridgehead atoms. The number of hydrogen-bond acceptors (Lipinski definition) is 6. The predicted molar refractivity (Wildman–Crippen MR) is 74.9 cm³/mol. The van der Waals surface area contributed by atoms with Gasteiger partial charge >= 0.3 is 10.1 Å². The first-order valence-electron chi connectivity index (χ1n) is 5.63. The smallest absolute Gasteiger partial charge is 0.310 e. The van der Waals surface area contributed by atoms with Crippen LogP contribution in [0.4, 0.5) is 0 Å². The molecule has 9 heteroatoms. The molecule has 0 aliphatic rings. The second-order valence-electron chi connectivity index (χ2n) is 4.12. The number of ether oxygens (including phenoxy) is 1. The van der Waals surface area contributed by atoms with Gasteiger partial charge in [-0.1, -0.05) is 0 Å². The lowest BCUT2D eigenvalue weighted by atomic mass is 10.3. The second kappa shape index (κ2) is 6.42. The monoisotopic (exact) mass is 323 g/mol. The maximum atomic E-state index is 11.7. The number of nitrogens with zero attached hydrogens (tertiary/aromatic N) is 1. The molecule has 20 heavy (non-hydrogen) atoms. The van der Waals surface area contributed by atoms with Crippen LogP contribution in [0, 0.1) is 0 Å². The zero-order chi connectivity index (χ0) is 15.4. The highest BCUT2D eigenvalue weighted by atomic mass is 32.2. The summed E-state index contributed by atoms with van der Waals surface area (Å²) in [5.74, 6) is -0.476. The molecule has 1 aromatic rings. The third-order valence-corrected chi connectivity index (χ3v) is 5.67. The number of methoxy groups -OCH3 is 1. The van der Waals surface area contributed by atoms with E-state index >= 15 is 0 Å². The van der Waals surface area contributed by atoms with Crippen molar-refractivity contribution in [3.8, 4) is 11.5 Å². The molecule has 0 fully saturated rings. The summed E-state index contributed by atoms with van der Waals surface area (Å²) in [6, 6.07) is 5.94. The Labute approximate surface area is 119 Å². The zero-order valence-corrected chi connectivity index (χ0v) is 13.1. The number of sulfonamides is 1. The zero-order valence-electron chi connectivity index (χ0n) is 11.4. The fourth-order valence-corrected chi connectivity index (χ4v) is 3.72. The average molecular weight is 323 g/mol. The first-order chi connectivity index (χ1) is 9.16. The van der Waals surface area contributed by atoms with Crippen LogP contribution in [0.2, 0.25) is 0 Å². The molecule has 0 unspecified atom stereocenters. The van der Waals surface area contributed by atoms with E-state index < -0.39 is 31.6 Å². The first kappa shape index (κ1) is 16.7. The lowest BCUT2D eigenvalue weighted by Gasteiger charge is -2.11. The first-order valence-corrected chi connectivity index (χ1v) is 8.81. The lowest BCUT2D eigenvalue weighted by molar-refractivity contribution is 0.413. The lowest BCUT2D eigenvalue weighted by Crippen LogP contribution is -2.30. The maximum absolute atomic E-state index is 11.7. The summed E-state index contributed by atoms with van der Waals surface area (Å²) < 4.78 is 57.1. The van der Waals surface area contributed by atoms with E-state index in [0.29, 0.717) is 5.75 Å². The van der Waals surface area contributed by atoms with Crippen LogP contribution >= 0.6 is 0 Å². The van der Waals surface area contributed by atoms with Crippen molar-refractivity contribution in [2.75, 3.05) is 32.7 Å². The normalized spacial score (nSPS) is 12.4. The Morgan fingerprint density at radius 2 is 1.45 bits per heavy atom. The summed E-state index contributed by atoms with van der Waals surface area (Å²) in [6.45, 7) is 0. The van der Waals surface area contributed by atoms with Crippen molar-refractivity contribution in [2.24, 2.45) is 0 Å². The van der Waals surface area contributed by atoms with Gasteiger partial charge in [0.15, 0.2) is 0 Å². The van der Waals surface area contributed by atoms with Crippen molar-refractivity contribution in [1.82, 2.24) is 4.31 Å². The van der Waals surface area contributed by atoms with Crippen molar-refractivity contribution in [3.05, 3.63) is 24.3 Å². The summed E-state index contributed by atoms with van der Waals surface area (Å²) in [7, 11) is -3.38. The molecular weight excluding hydrogens is 306 g/mol. The molecule has 0 spiro atoms. The van der Waals surface area contributed by atoms with Gasteiger partial charge in [0, 0.05) is 14.1 Å². The van der Waals surface area contributed by atoms with E-state index in [2.05, 4.69) is 0 Å². The Morgan fingerprint density at radius 3 is 1.90 bits per heavy atom. The van der Waals surface area contributed by atoms with Gasteiger partial charge in [0.2, 0.25) is 10.0 Å². The van der Waals surface area contributed by atoms with Gasteiger partial charge in [-0.15, -0.1) is 0 Å². The van der Waals surface area contributed by atoms with Crippen LogP contribution in [0.15, 0.2) is 24.3 Å². The summed E-state index contributed by atoms with van der Waals surface area (Å²) >= 11 is 0. The van der Waals surface area contributed by atoms with Crippen molar-refractivity contribution < 1.29 is 25.8 Å². The largest absolute Gasteiger partial charge is 0.497 e. The summed E-state index contributed by atoms with van der Waals surface area (Å²) in [4.78, 5) is 0. The van der Waals surface area contributed by atoms with Crippen LogP contribution in [0.5, 0.6) is 11.5 Å². The molecule has 0 saturated heterocycles. The van der Waals surface area contributed by atoms with E-state index in [1.165, 1.54) is 33.3 Å². The molecule has 0 saturated carbocycles. The van der Waals surface area contributed by atoms with Gasteiger partial charge in [0.05, 0.1) is 12.9 Å². The van der Waals surface area contributed by atoms with Crippen molar-refractivity contribution in [3.63, 3.8) is 0 Å². The highest BCUT2D eigenvalue weighted by molar-refractivity contribution is 7.92. The van der Waals surface area contributed by atoms with E-state index in [1.54, 1.807) is 12.1 Å². The predicted octanol–water partition coefficient (Wildman–Crippen LogP) is 0.295. The van der Waals surface area contributed by atoms with Gasteiger partial charge in [-0.05, 0) is 24.3 Å². The molecule has 0 atom stereocenters.